The molecule has 1 heterocycles. The zero-order chi connectivity index (χ0) is 10.5. The van der Waals surface area contributed by atoms with Gasteiger partial charge in [0.05, 0.1) is 0 Å². The lowest BCUT2D eigenvalue weighted by molar-refractivity contribution is 0.0141. The molecule has 2 aliphatic carbocycles. The Morgan fingerprint density at radius 2 is 2.27 bits per heavy atom. The molecule has 3 heteroatoms. The predicted molar refractivity (Wildman–Crippen MR) is 56.3 cm³/mol. The summed E-state index contributed by atoms with van der Waals surface area (Å²) in [6, 6.07) is 4.05. The lowest BCUT2D eigenvalue weighted by Gasteiger charge is -2.43. The first-order valence-corrected chi connectivity index (χ1v) is 5.57. The van der Waals surface area contributed by atoms with Gasteiger partial charge in [-0.25, -0.2) is 4.39 Å². The Morgan fingerprint density at radius 1 is 1.47 bits per heavy atom. The lowest BCUT2D eigenvalue weighted by Crippen LogP contribution is -2.51. The molecule has 0 radical (unpaired) electrons. The van der Waals surface area contributed by atoms with E-state index in [1.807, 2.05) is 6.07 Å². The van der Waals surface area contributed by atoms with Crippen LogP contribution < -0.4 is 5.73 Å². The van der Waals surface area contributed by atoms with Gasteiger partial charge in [-0.05, 0) is 37.3 Å². The van der Waals surface area contributed by atoms with E-state index in [-0.39, 0.29) is 12.0 Å². The Hall–Kier alpha value is -0.960. The SMILES string of the molecule is NC1CC(F)(C2CCc3cccnc32)C1. The molecular formula is C12H15FN2. The van der Waals surface area contributed by atoms with Gasteiger partial charge in [0.1, 0.15) is 5.67 Å². The monoisotopic (exact) mass is 206 g/mol. The highest BCUT2D eigenvalue weighted by molar-refractivity contribution is 5.32. The normalized spacial score (nSPS) is 38.5. The molecule has 0 amide bonds. The largest absolute Gasteiger partial charge is 0.327 e. The second kappa shape index (κ2) is 3.01. The average Bonchev–Trinajstić information content (AvgIpc) is 2.59. The van der Waals surface area contributed by atoms with Crippen LogP contribution in [0.4, 0.5) is 4.39 Å². The van der Waals surface area contributed by atoms with Crippen molar-refractivity contribution in [2.75, 3.05) is 0 Å². The second-order valence-corrected chi connectivity index (χ2v) is 4.84. The van der Waals surface area contributed by atoms with Crippen LogP contribution in [-0.2, 0) is 6.42 Å². The molecule has 2 nitrogen and oxygen atoms in total. The number of aryl methyl sites for hydroxylation is 1. The summed E-state index contributed by atoms with van der Waals surface area (Å²) in [5, 5.41) is 0. The molecule has 1 fully saturated rings. The van der Waals surface area contributed by atoms with Crippen LogP contribution in [-0.4, -0.2) is 16.7 Å². The number of nitrogens with two attached hydrogens (primary N) is 1. The molecule has 0 aliphatic heterocycles. The summed E-state index contributed by atoms with van der Waals surface area (Å²) in [4.78, 5) is 4.33. The van der Waals surface area contributed by atoms with Crippen LogP contribution in [0.5, 0.6) is 0 Å². The minimum absolute atomic E-state index is 0.00602. The molecule has 2 aliphatic rings. The van der Waals surface area contributed by atoms with Gasteiger partial charge in [0.2, 0.25) is 0 Å². The lowest BCUT2D eigenvalue weighted by atomic mass is 9.69. The van der Waals surface area contributed by atoms with Crippen molar-refractivity contribution in [3.8, 4) is 0 Å². The van der Waals surface area contributed by atoms with Gasteiger partial charge in [-0.2, -0.15) is 0 Å². The summed E-state index contributed by atoms with van der Waals surface area (Å²) < 4.78 is 14.4. The van der Waals surface area contributed by atoms with Gasteiger partial charge in [0, 0.05) is 23.9 Å². The molecule has 1 aromatic heterocycles. The van der Waals surface area contributed by atoms with Crippen molar-refractivity contribution in [1.82, 2.24) is 4.98 Å². The van der Waals surface area contributed by atoms with E-state index in [0.29, 0.717) is 12.8 Å². The molecule has 1 saturated carbocycles. The van der Waals surface area contributed by atoms with E-state index in [2.05, 4.69) is 11.1 Å². The third-order valence-electron chi connectivity index (χ3n) is 3.79. The molecule has 1 unspecified atom stereocenters. The zero-order valence-corrected chi connectivity index (χ0v) is 8.62. The zero-order valence-electron chi connectivity index (χ0n) is 8.62. The molecule has 1 atom stereocenters. The van der Waals surface area contributed by atoms with Gasteiger partial charge in [-0.1, -0.05) is 6.07 Å². The van der Waals surface area contributed by atoms with Crippen LogP contribution in [0.2, 0.25) is 0 Å². The number of pyridine rings is 1. The van der Waals surface area contributed by atoms with Crippen LogP contribution in [0.25, 0.3) is 0 Å². The predicted octanol–water partition coefficient (Wildman–Crippen LogP) is 1.94. The summed E-state index contributed by atoms with van der Waals surface area (Å²) in [5.74, 6) is -0.00602. The minimum Gasteiger partial charge on any atom is -0.327 e. The fourth-order valence-electron chi connectivity index (χ4n) is 3.01. The third kappa shape index (κ3) is 1.29. The third-order valence-corrected chi connectivity index (χ3v) is 3.79. The van der Waals surface area contributed by atoms with Gasteiger partial charge in [0.25, 0.3) is 0 Å². The molecule has 0 bridgehead atoms. The molecular weight excluding hydrogens is 191 g/mol. The highest BCUT2D eigenvalue weighted by Crippen LogP contribution is 2.50. The summed E-state index contributed by atoms with van der Waals surface area (Å²) >= 11 is 0. The molecule has 1 aromatic rings. The Morgan fingerprint density at radius 3 is 3.00 bits per heavy atom. The van der Waals surface area contributed by atoms with Crippen LogP contribution >= 0.6 is 0 Å². The Balaban J connectivity index is 1.91. The molecule has 0 spiro atoms. The summed E-state index contributed by atoms with van der Waals surface area (Å²) in [6.45, 7) is 0. The van der Waals surface area contributed by atoms with E-state index in [4.69, 9.17) is 5.73 Å². The van der Waals surface area contributed by atoms with Crippen molar-refractivity contribution < 1.29 is 4.39 Å². The van der Waals surface area contributed by atoms with Crippen molar-refractivity contribution >= 4 is 0 Å². The number of hydrogen-bond donors (Lipinski definition) is 1. The van der Waals surface area contributed by atoms with Crippen molar-refractivity contribution in [3.63, 3.8) is 0 Å². The van der Waals surface area contributed by atoms with Gasteiger partial charge < -0.3 is 5.73 Å². The summed E-state index contributed by atoms with van der Waals surface area (Å²) in [7, 11) is 0. The first kappa shape index (κ1) is 9.28. The van der Waals surface area contributed by atoms with E-state index >= 15 is 0 Å². The van der Waals surface area contributed by atoms with E-state index < -0.39 is 5.67 Å². The maximum absolute atomic E-state index is 14.4. The van der Waals surface area contributed by atoms with E-state index in [0.717, 1.165) is 18.5 Å². The van der Waals surface area contributed by atoms with Gasteiger partial charge >= 0.3 is 0 Å². The van der Waals surface area contributed by atoms with Crippen molar-refractivity contribution in [2.45, 2.75) is 43.3 Å². The van der Waals surface area contributed by atoms with E-state index in [9.17, 15) is 4.39 Å². The van der Waals surface area contributed by atoms with Crippen molar-refractivity contribution in [1.29, 1.82) is 0 Å². The fourth-order valence-corrected chi connectivity index (χ4v) is 3.01. The van der Waals surface area contributed by atoms with E-state index in [1.165, 1.54) is 5.56 Å². The maximum atomic E-state index is 14.4. The van der Waals surface area contributed by atoms with Crippen molar-refractivity contribution in [2.24, 2.45) is 5.73 Å². The van der Waals surface area contributed by atoms with Crippen LogP contribution in [0.3, 0.4) is 0 Å². The second-order valence-electron chi connectivity index (χ2n) is 4.84. The average molecular weight is 206 g/mol. The number of halogens is 1. The molecule has 0 saturated heterocycles. The number of nitrogens with zero attached hydrogens (tertiary/aromatic N) is 1. The minimum atomic E-state index is -1.07. The standard InChI is InChI=1S/C12H15FN2/c13-12(6-9(14)7-12)10-4-3-8-2-1-5-15-11(8)10/h1-2,5,9-10H,3-4,6-7,14H2. The molecule has 80 valence electrons. The van der Waals surface area contributed by atoms with Crippen molar-refractivity contribution in [3.05, 3.63) is 29.6 Å². The quantitative estimate of drug-likeness (QED) is 0.762. The Bertz CT molecular complexity index is 385. The number of hydrogen-bond acceptors (Lipinski definition) is 2. The first-order valence-electron chi connectivity index (χ1n) is 5.57. The fraction of sp³-hybridized carbons (Fsp3) is 0.583. The van der Waals surface area contributed by atoms with Crippen LogP contribution in [0.15, 0.2) is 18.3 Å². The van der Waals surface area contributed by atoms with Crippen LogP contribution in [0.1, 0.15) is 36.4 Å². The highest BCUT2D eigenvalue weighted by atomic mass is 19.1. The smallest absolute Gasteiger partial charge is 0.122 e. The number of alkyl halides is 1. The Kier molecular flexibility index (Phi) is 1.87. The van der Waals surface area contributed by atoms with Gasteiger partial charge in [-0.15, -0.1) is 0 Å². The Labute approximate surface area is 88.7 Å². The van der Waals surface area contributed by atoms with Crippen LogP contribution in [0, 0.1) is 0 Å². The number of fused-ring (bicyclic) bond motifs is 1. The summed E-state index contributed by atoms with van der Waals surface area (Å²) in [5.41, 5.74) is 6.81. The van der Waals surface area contributed by atoms with Gasteiger partial charge in [0.15, 0.2) is 0 Å². The molecule has 3 rings (SSSR count). The maximum Gasteiger partial charge on any atom is 0.122 e. The molecule has 2 N–H and O–H groups in total. The first-order chi connectivity index (χ1) is 7.19. The molecule has 15 heavy (non-hydrogen) atoms. The number of rotatable bonds is 1. The highest BCUT2D eigenvalue weighted by Gasteiger charge is 2.51. The summed E-state index contributed by atoms with van der Waals surface area (Å²) in [6.07, 6.45) is 4.64. The van der Waals surface area contributed by atoms with E-state index in [1.54, 1.807) is 6.20 Å². The van der Waals surface area contributed by atoms with Gasteiger partial charge in [-0.3, -0.25) is 4.98 Å². The molecule has 0 aromatic carbocycles. The number of aromatic nitrogens is 1. The topological polar surface area (TPSA) is 38.9 Å².